The van der Waals surface area contributed by atoms with Crippen molar-refractivity contribution in [2.24, 2.45) is 0 Å². The summed E-state index contributed by atoms with van der Waals surface area (Å²) in [6.45, 7) is 0.500. The second-order valence-electron chi connectivity index (χ2n) is 4.82. The molecule has 0 bridgehead atoms. The van der Waals surface area contributed by atoms with E-state index in [1.807, 2.05) is 41.8 Å². The van der Waals surface area contributed by atoms with Crippen LogP contribution in [0, 0.1) is 0 Å². The average molecular weight is 309 g/mol. The third-order valence-electron chi connectivity index (χ3n) is 3.19. The predicted octanol–water partition coefficient (Wildman–Crippen LogP) is 3.06. The van der Waals surface area contributed by atoms with Gasteiger partial charge in [-0.1, -0.05) is 6.07 Å². The molecule has 1 amide bonds. The number of nitrogens with zero attached hydrogens (tertiary/aromatic N) is 2. The van der Waals surface area contributed by atoms with Gasteiger partial charge in [0.15, 0.2) is 0 Å². The Hall–Kier alpha value is -2.53. The quantitative estimate of drug-likeness (QED) is 0.788. The third kappa shape index (κ3) is 3.77. The molecule has 0 saturated heterocycles. The lowest BCUT2D eigenvalue weighted by atomic mass is 10.1. The van der Waals surface area contributed by atoms with Crippen molar-refractivity contribution in [2.45, 2.75) is 13.0 Å². The first-order valence-corrected chi connectivity index (χ1v) is 7.83. The van der Waals surface area contributed by atoms with Crippen LogP contribution in [0.5, 0.6) is 0 Å². The van der Waals surface area contributed by atoms with Crippen LogP contribution < -0.4 is 5.32 Å². The maximum atomic E-state index is 11.9. The average Bonchev–Trinajstić information content (AvgIpc) is 3.07. The maximum Gasteiger partial charge on any atom is 0.225 e. The van der Waals surface area contributed by atoms with Crippen LogP contribution in [0.4, 0.5) is 0 Å². The number of carbonyl (C=O) groups is 1. The molecule has 110 valence electrons. The molecule has 0 aromatic carbocycles. The van der Waals surface area contributed by atoms with Crippen molar-refractivity contribution in [2.75, 3.05) is 0 Å². The topological polar surface area (TPSA) is 54.9 Å². The van der Waals surface area contributed by atoms with Gasteiger partial charge in [-0.3, -0.25) is 14.8 Å². The molecule has 3 rings (SSSR count). The van der Waals surface area contributed by atoms with Gasteiger partial charge in [-0.05, 0) is 41.3 Å². The van der Waals surface area contributed by atoms with E-state index in [0.29, 0.717) is 13.0 Å². The van der Waals surface area contributed by atoms with Crippen molar-refractivity contribution in [3.63, 3.8) is 0 Å². The fraction of sp³-hybridized carbons (Fsp3) is 0.118. The number of hydrogen-bond donors (Lipinski definition) is 1. The van der Waals surface area contributed by atoms with Gasteiger partial charge < -0.3 is 5.32 Å². The molecular weight excluding hydrogens is 294 g/mol. The van der Waals surface area contributed by atoms with Crippen LogP contribution in [-0.2, 0) is 17.8 Å². The number of carbonyl (C=O) groups excluding carboxylic acids is 1. The molecule has 0 aliphatic heterocycles. The number of thiophene rings is 1. The van der Waals surface area contributed by atoms with Crippen LogP contribution in [0.2, 0.25) is 0 Å². The molecular formula is C17H15N3OS. The lowest BCUT2D eigenvalue weighted by Gasteiger charge is -2.06. The maximum absolute atomic E-state index is 11.9. The number of amides is 1. The highest BCUT2D eigenvalue weighted by molar-refractivity contribution is 7.10. The SMILES string of the molecule is O=C(Cc1cccs1)NCc1ccnc(-c2cccnc2)c1. The van der Waals surface area contributed by atoms with Crippen LogP contribution >= 0.6 is 11.3 Å². The Morgan fingerprint density at radius 3 is 2.91 bits per heavy atom. The van der Waals surface area contributed by atoms with Crippen LogP contribution in [0.3, 0.4) is 0 Å². The number of pyridine rings is 2. The summed E-state index contributed by atoms with van der Waals surface area (Å²) in [7, 11) is 0. The summed E-state index contributed by atoms with van der Waals surface area (Å²) in [5.41, 5.74) is 2.85. The molecule has 3 heterocycles. The van der Waals surface area contributed by atoms with Gasteiger partial charge in [0.1, 0.15) is 0 Å². The van der Waals surface area contributed by atoms with Gasteiger partial charge in [0.25, 0.3) is 0 Å². The first-order valence-electron chi connectivity index (χ1n) is 6.96. The molecule has 0 fully saturated rings. The second kappa shape index (κ2) is 6.95. The zero-order valence-electron chi connectivity index (χ0n) is 11.9. The zero-order chi connectivity index (χ0) is 15.2. The molecule has 0 radical (unpaired) electrons. The number of hydrogen-bond acceptors (Lipinski definition) is 4. The minimum absolute atomic E-state index is 0.0298. The van der Waals surface area contributed by atoms with Crippen molar-refractivity contribution < 1.29 is 4.79 Å². The van der Waals surface area contributed by atoms with E-state index < -0.39 is 0 Å². The summed E-state index contributed by atoms with van der Waals surface area (Å²) >= 11 is 1.59. The molecule has 4 nitrogen and oxygen atoms in total. The fourth-order valence-corrected chi connectivity index (χ4v) is 2.79. The molecule has 0 unspecified atom stereocenters. The Balaban J connectivity index is 1.62. The van der Waals surface area contributed by atoms with Crippen LogP contribution in [0.15, 0.2) is 60.4 Å². The highest BCUT2D eigenvalue weighted by Crippen LogP contribution is 2.16. The van der Waals surface area contributed by atoms with Gasteiger partial charge in [-0.15, -0.1) is 11.3 Å². The van der Waals surface area contributed by atoms with Gasteiger partial charge in [-0.2, -0.15) is 0 Å². The normalized spacial score (nSPS) is 10.4. The van der Waals surface area contributed by atoms with E-state index in [9.17, 15) is 4.79 Å². The third-order valence-corrected chi connectivity index (χ3v) is 4.06. The Kier molecular flexibility index (Phi) is 4.56. The molecule has 22 heavy (non-hydrogen) atoms. The first-order chi connectivity index (χ1) is 10.8. The lowest BCUT2D eigenvalue weighted by molar-refractivity contribution is -0.120. The minimum Gasteiger partial charge on any atom is -0.352 e. The van der Waals surface area contributed by atoms with Crippen molar-refractivity contribution >= 4 is 17.2 Å². The van der Waals surface area contributed by atoms with Gasteiger partial charge in [-0.25, -0.2) is 0 Å². The summed E-state index contributed by atoms with van der Waals surface area (Å²) < 4.78 is 0. The standard InChI is InChI=1S/C17H15N3OS/c21-17(10-15-4-2-8-22-15)20-11-13-5-7-19-16(9-13)14-3-1-6-18-12-14/h1-9,12H,10-11H2,(H,20,21). The molecule has 0 atom stereocenters. The number of aromatic nitrogens is 2. The van der Waals surface area contributed by atoms with Gasteiger partial charge in [0.05, 0.1) is 12.1 Å². The Labute approximate surface area is 132 Å². The van der Waals surface area contributed by atoms with Crippen molar-refractivity contribution in [1.82, 2.24) is 15.3 Å². The molecule has 0 aliphatic carbocycles. The van der Waals surface area contributed by atoms with E-state index in [-0.39, 0.29) is 5.91 Å². The van der Waals surface area contributed by atoms with E-state index in [0.717, 1.165) is 21.7 Å². The molecule has 3 aromatic heterocycles. The first kappa shape index (κ1) is 14.4. The summed E-state index contributed by atoms with van der Waals surface area (Å²) in [5.74, 6) is 0.0298. The van der Waals surface area contributed by atoms with E-state index >= 15 is 0 Å². The zero-order valence-corrected chi connectivity index (χ0v) is 12.7. The summed E-state index contributed by atoms with van der Waals surface area (Å²) in [6.07, 6.45) is 5.70. The van der Waals surface area contributed by atoms with E-state index in [4.69, 9.17) is 0 Å². The predicted molar refractivity (Wildman–Crippen MR) is 87.3 cm³/mol. The monoisotopic (exact) mass is 309 g/mol. The second-order valence-corrected chi connectivity index (χ2v) is 5.86. The Bertz CT molecular complexity index is 742. The Morgan fingerprint density at radius 2 is 2.14 bits per heavy atom. The van der Waals surface area contributed by atoms with Crippen molar-refractivity contribution in [3.8, 4) is 11.3 Å². The Morgan fingerprint density at radius 1 is 1.18 bits per heavy atom. The largest absolute Gasteiger partial charge is 0.352 e. The molecule has 0 aliphatic rings. The summed E-state index contributed by atoms with van der Waals surface area (Å²) in [6, 6.07) is 11.7. The van der Waals surface area contributed by atoms with Crippen molar-refractivity contribution in [3.05, 3.63) is 70.8 Å². The fourth-order valence-electron chi connectivity index (χ4n) is 2.09. The van der Waals surface area contributed by atoms with Gasteiger partial charge in [0.2, 0.25) is 5.91 Å². The molecule has 5 heteroatoms. The van der Waals surface area contributed by atoms with Crippen LogP contribution in [-0.4, -0.2) is 15.9 Å². The highest BCUT2D eigenvalue weighted by atomic mass is 32.1. The van der Waals surface area contributed by atoms with E-state index in [1.54, 1.807) is 29.9 Å². The molecule has 0 saturated carbocycles. The van der Waals surface area contributed by atoms with Gasteiger partial charge >= 0.3 is 0 Å². The minimum atomic E-state index is 0.0298. The van der Waals surface area contributed by atoms with Gasteiger partial charge in [0, 0.05) is 35.6 Å². The summed E-state index contributed by atoms with van der Waals surface area (Å²) in [5, 5.41) is 4.92. The molecule has 0 spiro atoms. The molecule has 1 N–H and O–H groups in total. The summed E-state index contributed by atoms with van der Waals surface area (Å²) in [4.78, 5) is 21.4. The van der Waals surface area contributed by atoms with Crippen molar-refractivity contribution in [1.29, 1.82) is 0 Å². The highest BCUT2D eigenvalue weighted by Gasteiger charge is 2.05. The number of rotatable bonds is 5. The number of nitrogens with one attached hydrogen (secondary N) is 1. The lowest BCUT2D eigenvalue weighted by Crippen LogP contribution is -2.24. The van der Waals surface area contributed by atoms with E-state index in [2.05, 4.69) is 15.3 Å². The smallest absolute Gasteiger partial charge is 0.225 e. The molecule has 3 aromatic rings. The van der Waals surface area contributed by atoms with Crippen LogP contribution in [0.1, 0.15) is 10.4 Å². The van der Waals surface area contributed by atoms with E-state index in [1.165, 1.54) is 0 Å². The van der Waals surface area contributed by atoms with Crippen LogP contribution in [0.25, 0.3) is 11.3 Å².